The number of benzene rings is 3. The van der Waals surface area contributed by atoms with E-state index in [1.54, 1.807) is 30.3 Å². The summed E-state index contributed by atoms with van der Waals surface area (Å²) in [7, 11) is -3.63. The number of sulfonamides is 1. The number of carbonyl (C=O) groups is 1. The second kappa shape index (κ2) is 8.47. The number of rotatable bonds is 6. The summed E-state index contributed by atoms with van der Waals surface area (Å²) in [5, 5.41) is 2.75. The average Bonchev–Trinajstić information content (AvgIpc) is 2.68. The first kappa shape index (κ1) is 19.3. The van der Waals surface area contributed by atoms with Crippen molar-refractivity contribution in [2.75, 3.05) is 5.32 Å². The monoisotopic (exact) mass is 444 g/mol. The van der Waals surface area contributed by atoms with E-state index < -0.39 is 10.0 Å². The van der Waals surface area contributed by atoms with Crippen molar-refractivity contribution in [2.24, 2.45) is 0 Å². The van der Waals surface area contributed by atoms with E-state index in [0.29, 0.717) is 11.3 Å². The number of hydrogen-bond acceptors (Lipinski definition) is 3. The average molecular weight is 445 g/mol. The lowest BCUT2D eigenvalue weighted by Crippen LogP contribution is -2.23. The Morgan fingerprint density at radius 1 is 0.889 bits per heavy atom. The van der Waals surface area contributed by atoms with Crippen LogP contribution in [0.2, 0.25) is 0 Å². The number of hydrogen-bond donors (Lipinski definition) is 2. The minimum Gasteiger partial charge on any atom is -0.322 e. The quantitative estimate of drug-likeness (QED) is 0.598. The third-order valence-corrected chi connectivity index (χ3v) is 5.73. The van der Waals surface area contributed by atoms with Crippen molar-refractivity contribution in [2.45, 2.75) is 11.4 Å². The normalized spacial score (nSPS) is 11.1. The number of anilines is 1. The van der Waals surface area contributed by atoms with E-state index in [0.717, 1.165) is 10.0 Å². The van der Waals surface area contributed by atoms with Crippen LogP contribution in [0.4, 0.5) is 5.69 Å². The van der Waals surface area contributed by atoms with Crippen LogP contribution < -0.4 is 10.0 Å². The van der Waals surface area contributed by atoms with Gasteiger partial charge in [0, 0.05) is 22.3 Å². The Balaban J connectivity index is 1.66. The van der Waals surface area contributed by atoms with Crippen molar-refractivity contribution in [3.63, 3.8) is 0 Å². The number of carbonyl (C=O) groups excluding carboxylic acids is 1. The molecule has 3 rings (SSSR count). The van der Waals surface area contributed by atoms with E-state index in [4.69, 9.17) is 0 Å². The summed E-state index contributed by atoms with van der Waals surface area (Å²) >= 11 is 3.33. The van der Waals surface area contributed by atoms with Crippen LogP contribution in [0.25, 0.3) is 0 Å². The highest BCUT2D eigenvalue weighted by Crippen LogP contribution is 2.17. The molecule has 0 aliphatic carbocycles. The second-order valence-corrected chi connectivity index (χ2v) is 8.48. The Kier molecular flexibility index (Phi) is 6.05. The van der Waals surface area contributed by atoms with Crippen LogP contribution >= 0.6 is 15.9 Å². The molecule has 0 saturated carbocycles. The molecule has 1 amide bonds. The Hall–Kier alpha value is -2.48. The first-order valence-electron chi connectivity index (χ1n) is 8.15. The molecule has 5 nitrogen and oxygen atoms in total. The van der Waals surface area contributed by atoms with Crippen LogP contribution in [-0.2, 0) is 16.6 Å². The van der Waals surface area contributed by atoms with Gasteiger partial charge in [0.05, 0.1) is 4.90 Å². The predicted octanol–water partition coefficient (Wildman–Crippen LogP) is 4.18. The molecule has 3 aromatic rings. The minimum absolute atomic E-state index is 0.138. The van der Waals surface area contributed by atoms with Crippen LogP contribution in [0.15, 0.2) is 88.2 Å². The van der Waals surface area contributed by atoms with Crippen molar-refractivity contribution in [3.05, 3.63) is 94.5 Å². The van der Waals surface area contributed by atoms with Gasteiger partial charge in [0.15, 0.2) is 0 Å². The smallest absolute Gasteiger partial charge is 0.255 e. The standard InChI is InChI=1S/C20H17BrN2O3S/c21-17-8-4-7-16(13-17)20(24)23-18-9-11-19(12-10-18)27(25,26)22-14-15-5-2-1-3-6-15/h1-13,22H,14H2,(H,23,24). The minimum atomic E-state index is -3.63. The lowest BCUT2D eigenvalue weighted by molar-refractivity contribution is 0.102. The zero-order valence-electron chi connectivity index (χ0n) is 14.2. The fourth-order valence-electron chi connectivity index (χ4n) is 2.41. The fraction of sp³-hybridized carbons (Fsp3) is 0.0500. The SMILES string of the molecule is O=C(Nc1ccc(S(=O)(=O)NCc2ccccc2)cc1)c1cccc(Br)c1. The molecule has 0 spiro atoms. The van der Waals surface area contributed by atoms with E-state index in [9.17, 15) is 13.2 Å². The molecule has 0 fully saturated rings. The second-order valence-electron chi connectivity index (χ2n) is 5.80. The molecule has 0 heterocycles. The first-order valence-corrected chi connectivity index (χ1v) is 10.4. The molecule has 0 aromatic heterocycles. The molecular weight excluding hydrogens is 428 g/mol. The summed E-state index contributed by atoms with van der Waals surface area (Å²) in [5.41, 5.74) is 1.89. The number of amides is 1. The maximum Gasteiger partial charge on any atom is 0.255 e. The zero-order chi connectivity index (χ0) is 19.3. The molecular formula is C20H17BrN2O3S. The van der Waals surface area contributed by atoms with Gasteiger partial charge in [-0.15, -0.1) is 0 Å². The Labute approximate surface area is 166 Å². The molecule has 0 saturated heterocycles. The van der Waals surface area contributed by atoms with Gasteiger partial charge >= 0.3 is 0 Å². The molecule has 0 aliphatic rings. The summed E-state index contributed by atoms with van der Waals surface area (Å²) in [6.45, 7) is 0.213. The highest BCUT2D eigenvalue weighted by Gasteiger charge is 2.14. The first-order chi connectivity index (χ1) is 12.9. The van der Waals surface area contributed by atoms with E-state index >= 15 is 0 Å². The molecule has 0 atom stereocenters. The van der Waals surface area contributed by atoms with Gasteiger partial charge in [-0.3, -0.25) is 4.79 Å². The van der Waals surface area contributed by atoms with Crippen LogP contribution in [0.3, 0.4) is 0 Å². The third-order valence-electron chi connectivity index (χ3n) is 3.82. The van der Waals surface area contributed by atoms with Crippen LogP contribution in [-0.4, -0.2) is 14.3 Å². The lowest BCUT2D eigenvalue weighted by Gasteiger charge is -2.09. The molecule has 2 N–H and O–H groups in total. The van der Waals surface area contributed by atoms with Gasteiger partial charge in [-0.05, 0) is 48.0 Å². The summed E-state index contributed by atoms with van der Waals surface area (Å²) < 4.78 is 28.2. The Morgan fingerprint density at radius 2 is 1.59 bits per heavy atom. The molecule has 3 aromatic carbocycles. The van der Waals surface area contributed by atoms with Crippen LogP contribution in [0.5, 0.6) is 0 Å². The Morgan fingerprint density at radius 3 is 2.26 bits per heavy atom. The van der Waals surface area contributed by atoms with Gasteiger partial charge in [-0.2, -0.15) is 0 Å². The van der Waals surface area contributed by atoms with Gasteiger partial charge in [0.1, 0.15) is 0 Å². The molecule has 7 heteroatoms. The van der Waals surface area contributed by atoms with Crippen molar-refractivity contribution < 1.29 is 13.2 Å². The maximum absolute atomic E-state index is 12.4. The summed E-state index contributed by atoms with van der Waals surface area (Å²) in [4.78, 5) is 12.4. The van der Waals surface area contributed by atoms with Gasteiger partial charge < -0.3 is 5.32 Å². The molecule has 27 heavy (non-hydrogen) atoms. The van der Waals surface area contributed by atoms with Crippen LogP contribution in [0, 0.1) is 0 Å². The van der Waals surface area contributed by atoms with Crippen molar-refractivity contribution in [1.82, 2.24) is 4.72 Å². The molecule has 0 bridgehead atoms. The van der Waals surface area contributed by atoms with Crippen molar-refractivity contribution >= 4 is 37.5 Å². The zero-order valence-corrected chi connectivity index (χ0v) is 16.6. The maximum atomic E-state index is 12.4. The van der Waals surface area contributed by atoms with Gasteiger partial charge in [0.25, 0.3) is 5.91 Å². The highest BCUT2D eigenvalue weighted by atomic mass is 79.9. The molecule has 0 radical (unpaired) electrons. The van der Waals surface area contributed by atoms with Gasteiger partial charge in [0.2, 0.25) is 10.0 Å². The highest BCUT2D eigenvalue weighted by molar-refractivity contribution is 9.10. The number of nitrogens with one attached hydrogen (secondary N) is 2. The van der Waals surface area contributed by atoms with Crippen molar-refractivity contribution in [3.8, 4) is 0 Å². The molecule has 0 aliphatic heterocycles. The van der Waals surface area contributed by atoms with Gasteiger partial charge in [-0.25, -0.2) is 13.1 Å². The van der Waals surface area contributed by atoms with Crippen LogP contribution in [0.1, 0.15) is 15.9 Å². The summed E-state index contributed by atoms with van der Waals surface area (Å²) in [5.74, 6) is -0.269. The number of halogens is 1. The largest absolute Gasteiger partial charge is 0.322 e. The topological polar surface area (TPSA) is 75.3 Å². The Bertz CT molecular complexity index is 1040. The third kappa shape index (κ3) is 5.26. The van der Waals surface area contributed by atoms with Crippen molar-refractivity contribution in [1.29, 1.82) is 0 Å². The predicted molar refractivity (Wildman–Crippen MR) is 109 cm³/mol. The summed E-state index contributed by atoms with van der Waals surface area (Å²) in [6, 6.07) is 22.3. The fourth-order valence-corrected chi connectivity index (χ4v) is 3.82. The van der Waals surface area contributed by atoms with E-state index in [2.05, 4.69) is 26.0 Å². The lowest BCUT2D eigenvalue weighted by atomic mass is 10.2. The van der Waals surface area contributed by atoms with E-state index in [1.165, 1.54) is 12.1 Å². The van der Waals surface area contributed by atoms with E-state index in [-0.39, 0.29) is 17.3 Å². The summed E-state index contributed by atoms with van der Waals surface area (Å²) in [6.07, 6.45) is 0. The molecule has 0 unspecified atom stereocenters. The molecule has 138 valence electrons. The van der Waals surface area contributed by atoms with E-state index in [1.807, 2.05) is 36.4 Å². The van der Waals surface area contributed by atoms with Gasteiger partial charge in [-0.1, -0.05) is 52.3 Å².